The monoisotopic (exact) mass is 279 g/mol. The summed E-state index contributed by atoms with van der Waals surface area (Å²) in [7, 11) is 0. The van der Waals surface area contributed by atoms with Crippen LogP contribution in [0.5, 0.6) is 0 Å². The maximum Gasteiger partial charge on any atom is 0.217 e. The zero-order valence-corrected chi connectivity index (χ0v) is 10.9. The molecule has 1 saturated heterocycles. The van der Waals surface area contributed by atoms with Gasteiger partial charge >= 0.3 is 0 Å². The van der Waals surface area contributed by atoms with Crippen LogP contribution < -0.4 is 5.32 Å². The van der Waals surface area contributed by atoms with Gasteiger partial charge in [-0.05, 0) is 6.92 Å². The summed E-state index contributed by atoms with van der Waals surface area (Å²) < 4.78 is 10.5. The van der Waals surface area contributed by atoms with Gasteiger partial charge in [-0.1, -0.05) is 0 Å². The number of nitrogens with one attached hydrogen (secondary N) is 1. The second-order valence-corrected chi connectivity index (χ2v) is 4.52. The second-order valence-electron chi connectivity index (χ2n) is 4.52. The molecule has 1 aliphatic rings. The second kappa shape index (κ2) is 7.13. The van der Waals surface area contributed by atoms with E-state index in [-0.39, 0.29) is 5.91 Å². The van der Waals surface area contributed by atoms with Crippen LogP contribution in [0.1, 0.15) is 13.8 Å². The lowest BCUT2D eigenvalue weighted by atomic mass is 9.93. The Balaban J connectivity index is 2.86. The van der Waals surface area contributed by atoms with Crippen molar-refractivity contribution < 1.29 is 34.7 Å². The van der Waals surface area contributed by atoms with Crippen molar-refractivity contribution in [1.82, 2.24) is 5.32 Å². The molecule has 112 valence electrons. The first-order chi connectivity index (χ1) is 8.90. The van der Waals surface area contributed by atoms with Crippen molar-refractivity contribution in [2.45, 2.75) is 50.6 Å². The normalized spacial score (nSPS) is 36.8. The van der Waals surface area contributed by atoms with Gasteiger partial charge in [0.1, 0.15) is 18.3 Å². The molecule has 1 heterocycles. The van der Waals surface area contributed by atoms with Crippen LogP contribution >= 0.6 is 0 Å². The smallest absolute Gasteiger partial charge is 0.217 e. The molecule has 0 spiro atoms. The number of carbonyl (C=O) groups excluding carboxylic acids is 1. The van der Waals surface area contributed by atoms with Crippen LogP contribution in [0.15, 0.2) is 0 Å². The molecule has 0 aromatic heterocycles. The van der Waals surface area contributed by atoms with E-state index in [1.165, 1.54) is 6.92 Å². The van der Waals surface area contributed by atoms with Gasteiger partial charge in [0.2, 0.25) is 5.91 Å². The minimum atomic E-state index is -1.49. The first kappa shape index (κ1) is 16.3. The lowest BCUT2D eigenvalue weighted by Gasteiger charge is -2.43. The minimum Gasteiger partial charge on any atom is -0.394 e. The largest absolute Gasteiger partial charge is 0.394 e. The lowest BCUT2D eigenvalue weighted by Crippen LogP contribution is -2.64. The Kier molecular flexibility index (Phi) is 6.11. The number of carbonyl (C=O) groups is 1. The zero-order chi connectivity index (χ0) is 14.6. The van der Waals surface area contributed by atoms with Gasteiger partial charge in [0, 0.05) is 6.92 Å². The van der Waals surface area contributed by atoms with E-state index in [0.717, 1.165) is 0 Å². The molecule has 0 aliphatic carbocycles. The Labute approximate surface area is 110 Å². The first-order valence-corrected chi connectivity index (χ1v) is 6.06. The molecule has 19 heavy (non-hydrogen) atoms. The van der Waals surface area contributed by atoms with E-state index >= 15 is 0 Å². The first-order valence-electron chi connectivity index (χ1n) is 6.06. The van der Waals surface area contributed by atoms with Crippen LogP contribution in [0.25, 0.3) is 0 Å². The molecule has 0 aromatic rings. The third-order valence-corrected chi connectivity index (χ3v) is 2.99. The molecule has 1 fully saturated rings. The number of ether oxygens (including phenoxy) is 2. The highest BCUT2D eigenvalue weighted by atomic mass is 16.6. The fraction of sp³-hybridized carbons (Fsp3) is 0.909. The average Bonchev–Trinajstić information content (AvgIpc) is 2.36. The van der Waals surface area contributed by atoms with Gasteiger partial charge in [0.15, 0.2) is 6.29 Å². The quantitative estimate of drug-likeness (QED) is 0.347. The Morgan fingerprint density at radius 3 is 2.58 bits per heavy atom. The van der Waals surface area contributed by atoms with E-state index < -0.39 is 50.0 Å². The summed E-state index contributed by atoms with van der Waals surface area (Å²) in [5.41, 5.74) is 0. The van der Waals surface area contributed by atoms with Crippen LogP contribution in [-0.4, -0.2) is 76.3 Å². The molecule has 0 radical (unpaired) electrons. The third kappa shape index (κ3) is 4.10. The van der Waals surface area contributed by atoms with E-state index in [1.54, 1.807) is 6.92 Å². The number of amides is 1. The minimum absolute atomic E-state index is 0.345. The summed E-state index contributed by atoms with van der Waals surface area (Å²) in [6.07, 6.45) is -5.12. The molecule has 0 saturated carbocycles. The van der Waals surface area contributed by atoms with Gasteiger partial charge in [0.05, 0.1) is 25.4 Å². The number of aliphatic hydroxyl groups is 4. The van der Waals surface area contributed by atoms with Crippen LogP contribution in [-0.2, 0) is 14.3 Å². The summed E-state index contributed by atoms with van der Waals surface area (Å²) in [4.78, 5) is 11.2. The summed E-state index contributed by atoms with van der Waals surface area (Å²) >= 11 is 0. The number of hydrogen-bond acceptors (Lipinski definition) is 7. The molecular weight excluding hydrogens is 258 g/mol. The van der Waals surface area contributed by atoms with Crippen molar-refractivity contribution in [3.05, 3.63) is 0 Å². The topological polar surface area (TPSA) is 128 Å². The summed E-state index contributed by atoms with van der Waals surface area (Å²) in [6, 6.07) is -0.698. The van der Waals surface area contributed by atoms with Gasteiger partial charge in [-0.15, -0.1) is 0 Å². The predicted octanol–water partition coefficient (Wildman–Crippen LogP) is -2.67. The molecule has 5 unspecified atom stereocenters. The molecule has 1 amide bonds. The maximum atomic E-state index is 11.2. The van der Waals surface area contributed by atoms with Gasteiger partial charge in [-0.25, -0.2) is 0 Å². The van der Waals surface area contributed by atoms with E-state index in [9.17, 15) is 15.0 Å². The standard InChI is InChI=1S/C11H21NO7/c1-5-9(12-6(2)15)11(19-8(16)4-14)10(17)7(3-13)18-5/h5,7-11,13-14,16-17H,3-4H2,1-2H3,(H,12,15)/t5?,7?,8-,9?,10?,11?/m0/s1. The molecule has 1 aliphatic heterocycles. The van der Waals surface area contributed by atoms with Crippen molar-refractivity contribution in [3.63, 3.8) is 0 Å². The Morgan fingerprint density at radius 1 is 1.47 bits per heavy atom. The average molecular weight is 279 g/mol. The molecule has 0 aromatic carbocycles. The summed E-state index contributed by atoms with van der Waals surface area (Å²) in [5, 5.41) is 39.8. The molecule has 1 rings (SSSR count). The molecule has 5 N–H and O–H groups in total. The number of hydrogen-bond donors (Lipinski definition) is 5. The predicted molar refractivity (Wildman–Crippen MR) is 63.0 cm³/mol. The van der Waals surface area contributed by atoms with Crippen molar-refractivity contribution in [2.24, 2.45) is 0 Å². The van der Waals surface area contributed by atoms with Gasteiger partial charge in [-0.2, -0.15) is 0 Å². The van der Waals surface area contributed by atoms with E-state index in [4.69, 9.17) is 19.7 Å². The zero-order valence-electron chi connectivity index (χ0n) is 10.9. The Morgan fingerprint density at radius 2 is 2.11 bits per heavy atom. The third-order valence-electron chi connectivity index (χ3n) is 2.99. The highest BCUT2D eigenvalue weighted by molar-refractivity contribution is 5.73. The van der Waals surface area contributed by atoms with Crippen molar-refractivity contribution >= 4 is 5.91 Å². The molecule has 8 nitrogen and oxygen atoms in total. The van der Waals surface area contributed by atoms with E-state index in [0.29, 0.717) is 0 Å². The fourth-order valence-electron chi connectivity index (χ4n) is 2.11. The van der Waals surface area contributed by atoms with Crippen molar-refractivity contribution in [1.29, 1.82) is 0 Å². The number of aliphatic hydroxyl groups excluding tert-OH is 4. The lowest BCUT2D eigenvalue weighted by molar-refractivity contribution is -0.248. The molecule has 0 bridgehead atoms. The molecule has 8 heteroatoms. The Hall–Kier alpha value is -0.770. The molecular formula is C11H21NO7. The van der Waals surface area contributed by atoms with Gasteiger partial charge in [0.25, 0.3) is 0 Å². The Bertz CT molecular complexity index is 301. The van der Waals surface area contributed by atoms with Crippen LogP contribution in [0.2, 0.25) is 0 Å². The summed E-state index contributed by atoms with van der Waals surface area (Å²) in [6.45, 7) is 1.88. The van der Waals surface area contributed by atoms with Crippen molar-refractivity contribution in [2.75, 3.05) is 13.2 Å². The van der Waals surface area contributed by atoms with Gasteiger partial charge in [-0.3, -0.25) is 4.79 Å². The van der Waals surface area contributed by atoms with Crippen LogP contribution in [0.4, 0.5) is 0 Å². The van der Waals surface area contributed by atoms with Crippen LogP contribution in [0, 0.1) is 0 Å². The highest BCUT2D eigenvalue weighted by Gasteiger charge is 2.45. The van der Waals surface area contributed by atoms with E-state index in [2.05, 4.69) is 5.32 Å². The van der Waals surface area contributed by atoms with E-state index in [1.807, 2.05) is 0 Å². The summed E-state index contributed by atoms with van der Waals surface area (Å²) in [5.74, 6) is -0.345. The van der Waals surface area contributed by atoms with Gasteiger partial charge < -0.3 is 35.2 Å². The molecule has 6 atom stereocenters. The highest BCUT2D eigenvalue weighted by Crippen LogP contribution is 2.24. The van der Waals surface area contributed by atoms with Crippen LogP contribution in [0.3, 0.4) is 0 Å². The SMILES string of the molecule is CC(=O)NC1C(C)OC(CO)C(O)C1O[C@H](O)CO. The fourth-order valence-corrected chi connectivity index (χ4v) is 2.11. The van der Waals surface area contributed by atoms with Crippen molar-refractivity contribution in [3.8, 4) is 0 Å². The maximum absolute atomic E-state index is 11.2. The number of rotatable bonds is 5.